The quantitative estimate of drug-likeness (QED) is 0.0117. The van der Waals surface area contributed by atoms with Crippen molar-refractivity contribution >= 4 is 31.7 Å². The molecule has 26 heteroatoms. The zero-order chi connectivity index (χ0) is 87.6. The Morgan fingerprint density at radius 2 is 0.625 bits per heavy atom. The van der Waals surface area contributed by atoms with Crippen LogP contribution in [-0.4, -0.2) is 205 Å². The Bertz CT molecular complexity index is 2500. The van der Waals surface area contributed by atoms with Crippen LogP contribution in [0.25, 0.3) is 0 Å². The molecule has 3 aliphatic rings. The van der Waals surface area contributed by atoms with Gasteiger partial charge >= 0.3 is 31.7 Å². The summed E-state index contributed by atoms with van der Waals surface area (Å²) >= 11 is 0. The smallest absolute Gasteiger partial charge is 0.463 e. The molecule has 1 saturated carbocycles. The number of aliphatic hydroxyl groups excluding tert-OH is 9. The van der Waals surface area contributed by atoms with Gasteiger partial charge in [0.2, 0.25) is 0 Å². The molecule has 2 aliphatic heterocycles. The Morgan fingerprint density at radius 1 is 0.325 bits per heavy atom. The number of carbonyl (C=O) groups excluding carboxylic acids is 4. The molecule has 25 nitrogen and oxygen atoms in total. The summed E-state index contributed by atoms with van der Waals surface area (Å²) in [6, 6.07) is 0. The van der Waals surface area contributed by atoms with E-state index in [4.69, 9.17) is 46.9 Å². The average Bonchev–Trinajstić information content (AvgIpc) is 0.754. The number of ether oxygens (including phenoxy) is 8. The highest BCUT2D eigenvalue weighted by Crippen LogP contribution is 2.49. The number of esters is 4. The summed E-state index contributed by atoms with van der Waals surface area (Å²) in [4.78, 5) is 66.6. The minimum absolute atomic E-state index is 0.0201. The molecule has 19 atom stereocenters. The zero-order valence-corrected chi connectivity index (χ0v) is 76.7. The van der Waals surface area contributed by atoms with Crippen molar-refractivity contribution in [1.82, 2.24) is 0 Å². The first-order valence-electron chi connectivity index (χ1n) is 49.2. The van der Waals surface area contributed by atoms with Gasteiger partial charge in [-0.3, -0.25) is 28.2 Å². The van der Waals surface area contributed by atoms with Gasteiger partial charge in [0.1, 0.15) is 92.6 Å². The molecule has 0 bridgehead atoms. The summed E-state index contributed by atoms with van der Waals surface area (Å²) in [7, 11) is -5.81. The largest absolute Gasteiger partial charge is 0.472 e. The zero-order valence-electron chi connectivity index (χ0n) is 75.8. The number of aliphatic hydroxyl groups is 9. The maximum Gasteiger partial charge on any atom is 0.472 e. The Hall–Kier alpha value is -2.53. The lowest BCUT2D eigenvalue weighted by atomic mass is 9.84. The summed E-state index contributed by atoms with van der Waals surface area (Å²) in [6.45, 7) is 7.98. The van der Waals surface area contributed by atoms with Crippen molar-refractivity contribution in [2.45, 2.75) is 543 Å². The predicted octanol–water partition coefficient (Wildman–Crippen LogP) is 18.8. The molecule has 0 radical (unpaired) electrons. The minimum atomic E-state index is -5.81. The Morgan fingerprint density at radius 3 is 0.992 bits per heavy atom. The van der Waals surface area contributed by atoms with Crippen molar-refractivity contribution in [2.24, 2.45) is 5.92 Å². The first kappa shape index (κ1) is 112. The van der Waals surface area contributed by atoms with Crippen LogP contribution in [0.1, 0.15) is 439 Å². The van der Waals surface area contributed by atoms with E-state index in [-0.39, 0.29) is 25.7 Å². The number of unbranched alkanes of at least 4 members (excludes halogenated alkanes) is 52. The van der Waals surface area contributed by atoms with E-state index in [1.165, 1.54) is 218 Å². The Kier molecular flexibility index (Phi) is 67.3. The molecule has 0 amide bonds. The SMILES string of the molecule is CCCCCCCCCCCCCCCCCCC(=O)OCC1OC(OC2C(OC(=O)CCCCCCCCCCCCCCC)C(O)C(O)C(OC3OC(CO)C(O)C(O)C3O)C2OP(=O)(O)OCC(COC(=O)CCCCCCCCC(C)CCCCCCCC)OC(=O)CCCCCCCCCCCCCCCCCC)C(O)C(O)C1O. The predicted molar refractivity (Wildman–Crippen MR) is 467 cm³/mol. The molecule has 10 N–H and O–H groups in total. The fraction of sp³-hybridized carbons (Fsp3) is 0.957. The minimum Gasteiger partial charge on any atom is -0.463 e. The first-order valence-corrected chi connectivity index (χ1v) is 50.7. The van der Waals surface area contributed by atoms with Gasteiger partial charge in [-0.25, -0.2) is 4.57 Å². The van der Waals surface area contributed by atoms with Gasteiger partial charge in [-0.2, -0.15) is 0 Å². The van der Waals surface area contributed by atoms with E-state index in [1.807, 2.05) is 0 Å². The van der Waals surface area contributed by atoms with Crippen molar-refractivity contribution in [3.63, 3.8) is 0 Å². The summed E-state index contributed by atoms with van der Waals surface area (Å²) in [5, 5.41) is 102. The van der Waals surface area contributed by atoms with Gasteiger partial charge in [0.15, 0.2) is 24.8 Å². The topological polar surface area (TPSA) is 380 Å². The van der Waals surface area contributed by atoms with E-state index in [0.29, 0.717) is 38.0 Å². The number of carbonyl (C=O) groups is 4. The van der Waals surface area contributed by atoms with Crippen LogP contribution in [0, 0.1) is 5.92 Å². The van der Waals surface area contributed by atoms with Crippen LogP contribution in [0.3, 0.4) is 0 Å². The molecular formula is C94H177O25P. The second-order valence-electron chi connectivity index (χ2n) is 35.6. The lowest BCUT2D eigenvalue weighted by Gasteiger charge is -2.50. The molecule has 3 rings (SSSR count). The van der Waals surface area contributed by atoms with E-state index in [1.54, 1.807) is 0 Å². The van der Waals surface area contributed by atoms with Crippen molar-refractivity contribution < 1.29 is 122 Å². The third kappa shape index (κ3) is 52.1. The Balaban J connectivity index is 1.90. The summed E-state index contributed by atoms with van der Waals surface area (Å²) in [5.41, 5.74) is 0. The van der Waals surface area contributed by atoms with Gasteiger partial charge in [0.05, 0.1) is 13.2 Å². The van der Waals surface area contributed by atoms with Crippen LogP contribution < -0.4 is 0 Å². The molecule has 3 fully saturated rings. The van der Waals surface area contributed by atoms with E-state index in [0.717, 1.165) is 128 Å². The van der Waals surface area contributed by atoms with Crippen LogP contribution in [0.4, 0.5) is 0 Å². The summed E-state index contributed by atoms with van der Waals surface area (Å²) in [6.07, 6.45) is 29.4. The molecule has 120 heavy (non-hydrogen) atoms. The highest BCUT2D eigenvalue weighted by atomic mass is 31.2. The van der Waals surface area contributed by atoms with Crippen molar-refractivity contribution in [1.29, 1.82) is 0 Å². The second-order valence-corrected chi connectivity index (χ2v) is 37.0. The Labute approximate surface area is 725 Å². The molecule has 0 aromatic carbocycles. The van der Waals surface area contributed by atoms with Gasteiger partial charge in [-0.1, -0.05) is 388 Å². The highest BCUT2D eigenvalue weighted by Gasteiger charge is 2.60. The average molecular weight is 1740 g/mol. The number of rotatable bonds is 80. The van der Waals surface area contributed by atoms with Gasteiger partial charge in [-0.05, 0) is 31.6 Å². The number of hydrogen-bond acceptors (Lipinski definition) is 24. The fourth-order valence-electron chi connectivity index (χ4n) is 16.6. The van der Waals surface area contributed by atoms with Crippen LogP contribution in [-0.2, 0) is 70.7 Å². The summed E-state index contributed by atoms with van der Waals surface area (Å²) in [5.74, 6) is -2.25. The number of phosphoric ester groups is 1. The van der Waals surface area contributed by atoms with Crippen LogP contribution in [0.15, 0.2) is 0 Å². The molecule has 19 unspecified atom stereocenters. The van der Waals surface area contributed by atoms with Gasteiger partial charge < -0.3 is 88.7 Å². The molecule has 0 spiro atoms. The molecule has 708 valence electrons. The van der Waals surface area contributed by atoms with E-state index < -0.39 is 162 Å². The molecule has 2 heterocycles. The monoisotopic (exact) mass is 1740 g/mol. The lowest BCUT2D eigenvalue weighted by Crippen LogP contribution is -2.70. The van der Waals surface area contributed by atoms with Crippen LogP contribution >= 0.6 is 7.82 Å². The normalized spacial score (nSPS) is 24.9. The van der Waals surface area contributed by atoms with E-state index >= 15 is 0 Å². The van der Waals surface area contributed by atoms with Crippen LogP contribution in [0.5, 0.6) is 0 Å². The summed E-state index contributed by atoms with van der Waals surface area (Å²) < 4.78 is 73.6. The van der Waals surface area contributed by atoms with Crippen molar-refractivity contribution in [3.8, 4) is 0 Å². The number of phosphoric acid groups is 1. The molecule has 0 aromatic rings. The van der Waals surface area contributed by atoms with Gasteiger partial charge in [0.25, 0.3) is 0 Å². The number of hydrogen-bond donors (Lipinski definition) is 10. The van der Waals surface area contributed by atoms with E-state index in [2.05, 4.69) is 34.6 Å². The third-order valence-electron chi connectivity index (χ3n) is 24.5. The molecule has 0 aromatic heterocycles. The van der Waals surface area contributed by atoms with Crippen LogP contribution in [0.2, 0.25) is 0 Å². The standard InChI is InChI=1S/C94H177O25P/c1-6-10-14-18-22-25-28-31-33-35-38-40-43-46-53-60-66-78(97)111-72-76-82(101)84(103)88(107)94(115-76)118-91-89(116-80(99)68-62-56-48-45-41-37-30-27-24-20-16-12-8-3)85(104)86(105)90(117-93-87(106)83(102)81(100)75(69-95)114-93)92(91)119-120(108,109)112-71-74(113-79(98)67-61-55-47-44-42-39-36-34-32-29-26-23-19-15-11-7-2)70-110-77(96)65-59-54-50-49-52-58-64-73(5)63-57-51-21-17-13-9-4/h73-76,81-95,100-107H,6-72H2,1-5H3,(H,108,109). The van der Waals surface area contributed by atoms with Gasteiger partial charge in [0, 0.05) is 25.7 Å². The maximum absolute atomic E-state index is 14.9. The van der Waals surface area contributed by atoms with Crippen molar-refractivity contribution in [2.75, 3.05) is 26.4 Å². The molecule has 1 aliphatic carbocycles. The molecule has 2 saturated heterocycles. The fourth-order valence-corrected chi connectivity index (χ4v) is 17.6. The van der Waals surface area contributed by atoms with Crippen molar-refractivity contribution in [3.05, 3.63) is 0 Å². The molecular weight excluding hydrogens is 1560 g/mol. The van der Waals surface area contributed by atoms with E-state index in [9.17, 15) is 74.6 Å². The first-order chi connectivity index (χ1) is 58.1. The lowest BCUT2D eigenvalue weighted by molar-refractivity contribution is -0.360. The third-order valence-corrected chi connectivity index (χ3v) is 25.5. The maximum atomic E-state index is 14.9. The highest BCUT2D eigenvalue weighted by molar-refractivity contribution is 7.47. The van der Waals surface area contributed by atoms with Gasteiger partial charge in [-0.15, -0.1) is 0 Å². The second kappa shape index (κ2) is 72.4.